The first-order valence-corrected chi connectivity index (χ1v) is 10.4. The summed E-state index contributed by atoms with van der Waals surface area (Å²) < 4.78 is 11.2. The highest BCUT2D eigenvalue weighted by atomic mass is 16.5. The van der Waals surface area contributed by atoms with Crippen LogP contribution in [0.25, 0.3) is 0 Å². The minimum atomic E-state index is -0.247. The SMILES string of the molecule is CCCCCCCCNC1=C(C(=O)OC)[C@H](C)O[C@H](C2CCCC2)C1. The monoisotopic (exact) mass is 351 g/mol. The molecule has 1 heterocycles. The number of esters is 1. The first-order valence-electron chi connectivity index (χ1n) is 10.4. The van der Waals surface area contributed by atoms with E-state index in [2.05, 4.69) is 12.2 Å². The van der Waals surface area contributed by atoms with Crippen molar-refractivity contribution in [1.82, 2.24) is 5.32 Å². The third-order valence-corrected chi connectivity index (χ3v) is 5.72. The summed E-state index contributed by atoms with van der Waals surface area (Å²) in [5.74, 6) is 0.398. The lowest BCUT2D eigenvalue weighted by molar-refractivity contribution is -0.139. The predicted octanol–water partition coefficient (Wildman–Crippen LogP) is 4.73. The van der Waals surface area contributed by atoms with Crippen molar-refractivity contribution in [1.29, 1.82) is 0 Å². The molecule has 1 N–H and O–H groups in total. The van der Waals surface area contributed by atoms with Gasteiger partial charge in [-0.2, -0.15) is 0 Å². The van der Waals surface area contributed by atoms with E-state index in [1.165, 1.54) is 64.9 Å². The zero-order chi connectivity index (χ0) is 18.1. The van der Waals surface area contributed by atoms with Gasteiger partial charge in [0.25, 0.3) is 0 Å². The van der Waals surface area contributed by atoms with Crippen LogP contribution in [0.2, 0.25) is 0 Å². The van der Waals surface area contributed by atoms with E-state index < -0.39 is 0 Å². The molecule has 1 aliphatic carbocycles. The van der Waals surface area contributed by atoms with E-state index in [-0.39, 0.29) is 18.2 Å². The summed E-state index contributed by atoms with van der Waals surface area (Å²) >= 11 is 0. The molecule has 0 aromatic rings. The van der Waals surface area contributed by atoms with E-state index >= 15 is 0 Å². The van der Waals surface area contributed by atoms with Gasteiger partial charge in [0.2, 0.25) is 0 Å². The van der Waals surface area contributed by atoms with Gasteiger partial charge in [-0.1, -0.05) is 51.9 Å². The third-order valence-electron chi connectivity index (χ3n) is 5.72. The van der Waals surface area contributed by atoms with Gasteiger partial charge in [0.1, 0.15) is 0 Å². The van der Waals surface area contributed by atoms with E-state index in [1.807, 2.05) is 6.92 Å². The Bertz CT molecular complexity index is 440. The molecule has 2 atom stereocenters. The molecule has 0 amide bonds. The smallest absolute Gasteiger partial charge is 0.338 e. The lowest BCUT2D eigenvalue weighted by Gasteiger charge is -2.35. The Morgan fingerprint density at radius 3 is 2.52 bits per heavy atom. The molecule has 0 saturated heterocycles. The maximum absolute atomic E-state index is 12.2. The molecule has 2 aliphatic rings. The molecule has 4 heteroatoms. The molecule has 25 heavy (non-hydrogen) atoms. The van der Waals surface area contributed by atoms with Crippen LogP contribution in [0.15, 0.2) is 11.3 Å². The van der Waals surface area contributed by atoms with Crippen LogP contribution in [0.4, 0.5) is 0 Å². The highest BCUT2D eigenvalue weighted by Gasteiger charge is 2.36. The number of carbonyl (C=O) groups is 1. The van der Waals surface area contributed by atoms with Crippen molar-refractivity contribution >= 4 is 5.97 Å². The number of rotatable bonds is 10. The minimum absolute atomic E-state index is 0.182. The molecular formula is C21H37NO3. The number of methoxy groups -OCH3 is 1. The molecule has 144 valence electrons. The Morgan fingerprint density at radius 1 is 1.16 bits per heavy atom. The molecule has 1 saturated carbocycles. The largest absolute Gasteiger partial charge is 0.466 e. The molecule has 2 rings (SSSR count). The van der Waals surface area contributed by atoms with E-state index in [4.69, 9.17) is 9.47 Å². The molecule has 1 aliphatic heterocycles. The van der Waals surface area contributed by atoms with Gasteiger partial charge in [0.05, 0.1) is 24.9 Å². The number of hydrogen-bond donors (Lipinski definition) is 1. The molecule has 1 fully saturated rings. The zero-order valence-electron chi connectivity index (χ0n) is 16.4. The Hall–Kier alpha value is -1.03. The maximum Gasteiger partial charge on any atom is 0.338 e. The van der Waals surface area contributed by atoms with E-state index in [0.29, 0.717) is 11.5 Å². The van der Waals surface area contributed by atoms with Gasteiger partial charge < -0.3 is 14.8 Å². The Balaban J connectivity index is 1.91. The molecular weight excluding hydrogens is 314 g/mol. The second-order valence-corrected chi connectivity index (χ2v) is 7.64. The van der Waals surface area contributed by atoms with Crippen LogP contribution in [0, 0.1) is 5.92 Å². The summed E-state index contributed by atoms with van der Waals surface area (Å²) in [5, 5.41) is 3.56. The second-order valence-electron chi connectivity index (χ2n) is 7.64. The van der Waals surface area contributed by atoms with E-state index in [1.54, 1.807) is 0 Å². The van der Waals surface area contributed by atoms with Crippen molar-refractivity contribution in [3.05, 3.63) is 11.3 Å². The first-order chi connectivity index (χ1) is 12.2. The summed E-state index contributed by atoms with van der Waals surface area (Å²) in [6, 6.07) is 0. The van der Waals surface area contributed by atoms with Gasteiger partial charge in [0.15, 0.2) is 0 Å². The van der Waals surface area contributed by atoms with Crippen LogP contribution in [-0.2, 0) is 14.3 Å². The summed E-state index contributed by atoms with van der Waals surface area (Å²) in [7, 11) is 1.45. The summed E-state index contributed by atoms with van der Waals surface area (Å²) in [6.07, 6.45) is 13.7. The lowest BCUT2D eigenvalue weighted by Crippen LogP contribution is -2.39. The van der Waals surface area contributed by atoms with Crippen LogP contribution < -0.4 is 5.32 Å². The van der Waals surface area contributed by atoms with Gasteiger partial charge in [-0.25, -0.2) is 4.79 Å². The maximum atomic E-state index is 12.2. The fourth-order valence-corrected chi connectivity index (χ4v) is 4.25. The quantitative estimate of drug-likeness (QED) is 0.456. The fraction of sp³-hybridized carbons (Fsp3) is 0.857. The molecule has 0 bridgehead atoms. The number of ether oxygens (including phenoxy) is 2. The van der Waals surface area contributed by atoms with E-state index in [0.717, 1.165) is 25.1 Å². The van der Waals surface area contributed by atoms with Gasteiger partial charge in [-0.05, 0) is 32.1 Å². The number of carbonyl (C=O) groups excluding carboxylic acids is 1. The van der Waals surface area contributed by atoms with Gasteiger partial charge in [-0.15, -0.1) is 0 Å². The molecule has 0 radical (unpaired) electrons. The Labute approximate surface area is 153 Å². The first kappa shape index (κ1) is 20.3. The molecule has 4 nitrogen and oxygen atoms in total. The molecule has 0 spiro atoms. The predicted molar refractivity (Wildman–Crippen MR) is 101 cm³/mol. The van der Waals surface area contributed by atoms with Crippen LogP contribution >= 0.6 is 0 Å². The normalized spacial score (nSPS) is 24.6. The van der Waals surface area contributed by atoms with Crippen LogP contribution in [-0.4, -0.2) is 31.8 Å². The highest BCUT2D eigenvalue weighted by Crippen LogP contribution is 2.36. The fourth-order valence-electron chi connectivity index (χ4n) is 4.25. The zero-order valence-corrected chi connectivity index (χ0v) is 16.4. The number of hydrogen-bond acceptors (Lipinski definition) is 4. The molecule has 0 unspecified atom stereocenters. The van der Waals surface area contributed by atoms with Crippen molar-refractivity contribution in [3.63, 3.8) is 0 Å². The van der Waals surface area contributed by atoms with Crippen LogP contribution in [0.1, 0.15) is 84.5 Å². The van der Waals surface area contributed by atoms with Crippen molar-refractivity contribution < 1.29 is 14.3 Å². The average Bonchev–Trinajstić information content (AvgIpc) is 3.14. The third kappa shape index (κ3) is 6.02. The van der Waals surface area contributed by atoms with Gasteiger partial charge >= 0.3 is 5.97 Å². The second kappa shape index (κ2) is 10.8. The summed E-state index contributed by atoms with van der Waals surface area (Å²) in [4.78, 5) is 12.2. The van der Waals surface area contributed by atoms with Crippen molar-refractivity contribution in [2.45, 2.75) is 96.7 Å². The molecule has 0 aromatic heterocycles. The van der Waals surface area contributed by atoms with E-state index in [9.17, 15) is 4.79 Å². The number of nitrogens with one attached hydrogen (secondary N) is 1. The Morgan fingerprint density at radius 2 is 1.84 bits per heavy atom. The average molecular weight is 352 g/mol. The van der Waals surface area contributed by atoms with Crippen molar-refractivity contribution in [2.24, 2.45) is 5.92 Å². The topological polar surface area (TPSA) is 47.6 Å². The van der Waals surface area contributed by atoms with Crippen molar-refractivity contribution in [3.8, 4) is 0 Å². The van der Waals surface area contributed by atoms with Crippen LogP contribution in [0.3, 0.4) is 0 Å². The Kier molecular flexibility index (Phi) is 8.80. The lowest BCUT2D eigenvalue weighted by atomic mass is 9.91. The highest BCUT2D eigenvalue weighted by molar-refractivity contribution is 5.90. The van der Waals surface area contributed by atoms with Crippen LogP contribution in [0.5, 0.6) is 0 Å². The number of unbranched alkanes of at least 4 members (excludes halogenated alkanes) is 5. The standard InChI is InChI=1S/C21H37NO3/c1-4-5-6-7-8-11-14-22-18-15-19(17-12-9-10-13-17)25-16(2)20(18)21(23)24-3/h16-17,19,22H,4-15H2,1-3H3/t16-,19-/m0/s1. The molecule has 0 aromatic carbocycles. The summed E-state index contributed by atoms with van der Waals surface area (Å²) in [5.41, 5.74) is 1.76. The van der Waals surface area contributed by atoms with Gasteiger partial charge in [-0.3, -0.25) is 0 Å². The summed E-state index contributed by atoms with van der Waals surface area (Å²) in [6.45, 7) is 5.17. The van der Waals surface area contributed by atoms with Crippen molar-refractivity contribution in [2.75, 3.05) is 13.7 Å². The minimum Gasteiger partial charge on any atom is -0.466 e. The van der Waals surface area contributed by atoms with Gasteiger partial charge in [0, 0.05) is 18.7 Å².